The van der Waals surface area contributed by atoms with Crippen LogP contribution in [-0.2, 0) is 14.3 Å². The Bertz CT molecular complexity index is 993. The summed E-state index contributed by atoms with van der Waals surface area (Å²) in [6, 6.07) is -0.702. The van der Waals surface area contributed by atoms with Crippen LogP contribution >= 0.6 is 0 Å². The van der Waals surface area contributed by atoms with Crippen molar-refractivity contribution in [1.82, 2.24) is 5.32 Å². The summed E-state index contributed by atoms with van der Waals surface area (Å²) in [5.74, 6) is -0.493. The summed E-state index contributed by atoms with van der Waals surface area (Å²) in [5.41, 5.74) is 0. The number of unbranched alkanes of at least 4 members (excludes halogenated alkanes) is 29. The fourth-order valence-electron chi connectivity index (χ4n) is 7.97. The minimum absolute atomic E-state index is 0.0712. The summed E-state index contributed by atoms with van der Waals surface area (Å²) in [7, 11) is 0. The maximum Gasteiger partial charge on any atom is 0.306 e. The number of esters is 1. The van der Waals surface area contributed by atoms with Gasteiger partial charge in [0.2, 0.25) is 5.91 Å². The molecule has 0 fully saturated rings. The van der Waals surface area contributed by atoms with Gasteiger partial charge in [-0.15, -0.1) is 0 Å². The Kier molecular flexibility index (Phi) is 46.6. The van der Waals surface area contributed by atoms with E-state index < -0.39 is 18.2 Å². The monoisotopic (exact) mass is 844 g/mol. The first-order chi connectivity index (χ1) is 29.5. The van der Waals surface area contributed by atoms with Gasteiger partial charge in [-0.2, -0.15) is 0 Å². The van der Waals surface area contributed by atoms with E-state index in [2.05, 4.69) is 62.5 Å². The van der Waals surface area contributed by atoms with Crippen LogP contribution in [0.3, 0.4) is 0 Å². The number of ether oxygens (including phenoxy) is 1. The Balaban J connectivity index is 4.41. The van der Waals surface area contributed by atoms with Gasteiger partial charge in [-0.05, 0) is 64.2 Å². The molecule has 0 aliphatic heterocycles. The smallest absolute Gasteiger partial charge is 0.306 e. The second kappa shape index (κ2) is 48.1. The van der Waals surface area contributed by atoms with Crippen molar-refractivity contribution in [2.45, 2.75) is 289 Å². The highest BCUT2D eigenvalue weighted by molar-refractivity contribution is 5.77. The highest BCUT2D eigenvalue weighted by atomic mass is 16.5. The van der Waals surface area contributed by atoms with Crippen molar-refractivity contribution in [3.05, 3.63) is 36.5 Å². The van der Waals surface area contributed by atoms with Gasteiger partial charge >= 0.3 is 5.97 Å². The predicted octanol–water partition coefficient (Wildman–Crippen LogP) is 15.7. The maximum absolute atomic E-state index is 13.2. The topological polar surface area (TPSA) is 95.9 Å². The molecular formula is C54H101NO5. The zero-order valence-corrected chi connectivity index (χ0v) is 40.1. The SMILES string of the molecule is CCCCC/C=C\C/C=C\C/C=C\CCCCCCC(=O)OC(CCCCCCCCCC)CC(=O)NC(CO)C(O)CCCCCCCCCCCCCCCCCC. The number of amides is 1. The number of nitrogens with one attached hydrogen (secondary N) is 1. The van der Waals surface area contributed by atoms with Crippen LogP contribution in [0.1, 0.15) is 271 Å². The number of aliphatic hydroxyl groups excluding tert-OH is 2. The van der Waals surface area contributed by atoms with Gasteiger partial charge in [-0.1, -0.05) is 231 Å². The van der Waals surface area contributed by atoms with E-state index in [-0.39, 0.29) is 24.9 Å². The molecule has 0 rings (SSSR count). The zero-order valence-electron chi connectivity index (χ0n) is 40.1. The molecule has 6 nitrogen and oxygen atoms in total. The Morgan fingerprint density at radius 2 is 0.850 bits per heavy atom. The Hall–Kier alpha value is -1.92. The van der Waals surface area contributed by atoms with E-state index in [9.17, 15) is 19.8 Å². The van der Waals surface area contributed by atoms with E-state index in [4.69, 9.17) is 4.74 Å². The quantitative estimate of drug-likeness (QED) is 0.0322. The van der Waals surface area contributed by atoms with Crippen LogP contribution in [0, 0.1) is 0 Å². The molecule has 1 amide bonds. The molecule has 3 atom stereocenters. The minimum Gasteiger partial charge on any atom is -0.462 e. The van der Waals surface area contributed by atoms with Gasteiger partial charge in [-0.3, -0.25) is 9.59 Å². The van der Waals surface area contributed by atoms with Crippen LogP contribution in [0.5, 0.6) is 0 Å². The molecule has 0 aliphatic carbocycles. The number of hydrogen-bond donors (Lipinski definition) is 3. The summed E-state index contributed by atoms with van der Waals surface area (Å²) in [4.78, 5) is 26.0. The van der Waals surface area contributed by atoms with Crippen molar-refractivity contribution in [3.8, 4) is 0 Å². The van der Waals surface area contributed by atoms with Gasteiger partial charge in [-0.25, -0.2) is 0 Å². The van der Waals surface area contributed by atoms with E-state index in [1.54, 1.807) is 0 Å². The molecule has 0 aromatic heterocycles. The number of carbonyl (C=O) groups excluding carboxylic acids is 2. The minimum atomic E-state index is -0.788. The lowest BCUT2D eigenvalue weighted by Gasteiger charge is -2.24. The highest BCUT2D eigenvalue weighted by Crippen LogP contribution is 2.18. The molecule has 0 aromatic rings. The van der Waals surface area contributed by atoms with Crippen LogP contribution in [0.25, 0.3) is 0 Å². The van der Waals surface area contributed by atoms with E-state index in [1.807, 2.05) is 0 Å². The van der Waals surface area contributed by atoms with Gasteiger partial charge in [0.05, 0.1) is 25.2 Å². The van der Waals surface area contributed by atoms with Gasteiger partial charge < -0.3 is 20.3 Å². The normalized spacial score (nSPS) is 13.5. The first-order valence-electron chi connectivity index (χ1n) is 26.2. The molecule has 0 saturated heterocycles. The van der Waals surface area contributed by atoms with E-state index >= 15 is 0 Å². The Morgan fingerprint density at radius 3 is 1.32 bits per heavy atom. The second-order valence-corrected chi connectivity index (χ2v) is 17.9. The van der Waals surface area contributed by atoms with Crippen molar-refractivity contribution >= 4 is 11.9 Å². The zero-order chi connectivity index (χ0) is 43.8. The largest absolute Gasteiger partial charge is 0.462 e. The second-order valence-electron chi connectivity index (χ2n) is 17.9. The van der Waals surface area contributed by atoms with Gasteiger partial charge in [0, 0.05) is 6.42 Å². The number of allylic oxidation sites excluding steroid dienone is 6. The van der Waals surface area contributed by atoms with Gasteiger partial charge in [0.1, 0.15) is 6.10 Å². The van der Waals surface area contributed by atoms with E-state index in [0.717, 1.165) is 77.0 Å². The van der Waals surface area contributed by atoms with Crippen molar-refractivity contribution in [2.24, 2.45) is 0 Å². The lowest BCUT2D eigenvalue weighted by atomic mass is 10.0. The molecule has 3 N–H and O–H groups in total. The molecule has 0 aromatic carbocycles. The third kappa shape index (κ3) is 42.8. The first-order valence-corrected chi connectivity index (χ1v) is 26.2. The Labute approximate surface area is 373 Å². The van der Waals surface area contributed by atoms with Crippen molar-refractivity contribution in [1.29, 1.82) is 0 Å². The average Bonchev–Trinajstić information content (AvgIpc) is 3.24. The third-order valence-electron chi connectivity index (χ3n) is 12.0. The van der Waals surface area contributed by atoms with E-state index in [0.29, 0.717) is 19.3 Å². The molecular weight excluding hydrogens is 743 g/mol. The van der Waals surface area contributed by atoms with Gasteiger partial charge in [0.15, 0.2) is 0 Å². The first kappa shape index (κ1) is 58.1. The average molecular weight is 844 g/mol. The standard InChI is InChI=1S/C54H101NO5/c1-4-7-10-13-16-19-21-23-25-27-29-31-33-35-38-41-44-47-54(59)60-50(45-42-39-36-18-15-12-9-6-3)48-53(58)55-51(49-56)52(57)46-43-40-37-34-32-30-28-26-24-22-20-17-14-11-8-5-2/h16,19,23,25,29,31,50-52,56-57H,4-15,17-18,20-22,24,26-28,30,32-49H2,1-3H3,(H,55,58)/b19-16-,25-23-,31-29-. The van der Waals surface area contributed by atoms with Crippen molar-refractivity contribution in [3.63, 3.8) is 0 Å². The molecule has 0 radical (unpaired) electrons. The summed E-state index contributed by atoms with van der Waals surface area (Å²) in [6.45, 7) is 6.44. The molecule has 0 heterocycles. The summed E-state index contributed by atoms with van der Waals surface area (Å²) < 4.78 is 5.90. The molecule has 0 saturated carbocycles. The highest BCUT2D eigenvalue weighted by Gasteiger charge is 2.24. The van der Waals surface area contributed by atoms with E-state index in [1.165, 1.54) is 148 Å². The van der Waals surface area contributed by atoms with Crippen LogP contribution in [0.2, 0.25) is 0 Å². The molecule has 6 heteroatoms. The van der Waals surface area contributed by atoms with Crippen LogP contribution in [0.15, 0.2) is 36.5 Å². The lowest BCUT2D eigenvalue weighted by molar-refractivity contribution is -0.151. The Morgan fingerprint density at radius 1 is 0.483 bits per heavy atom. The van der Waals surface area contributed by atoms with Crippen LogP contribution in [0.4, 0.5) is 0 Å². The number of rotatable bonds is 47. The molecule has 3 unspecified atom stereocenters. The molecule has 0 bridgehead atoms. The fraction of sp³-hybridized carbons (Fsp3) is 0.852. The molecule has 0 spiro atoms. The fourth-order valence-corrected chi connectivity index (χ4v) is 7.97. The van der Waals surface area contributed by atoms with Crippen LogP contribution < -0.4 is 5.32 Å². The molecule has 60 heavy (non-hydrogen) atoms. The number of hydrogen-bond acceptors (Lipinski definition) is 5. The number of aliphatic hydroxyl groups is 2. The molecule has 352 valence electrons. The maximum atomic E-state index is 13.2. The molecule has 0 aliphatic rings. The van der Waals surface area contributed by atoms with Crippen molar-refractivity contribution < 1.29 is 24.5 Å². The summed E-state index contributed by atoms with van der Waals surface area (Å²) >= 11 is 0. The predicted molar refractivity (Wildman–Crippen MR) is 259 cm³/mol. The number of carbonyl (C=O) groups is 2. The lowest BCUT2D eigenvalue weighted by Crippen LogP contribution is -2.46. The van der Waals surface area contributed by atoms with Crippen molar-refractivity contribution in [2.75, 3.05) is 6.61 Å². The summed E-state index contributed by atoms with van der Waals surface area (Å²) in [5, 5.41) is 23.7. The summed E-state index contributed by atoms with van der Waals surface area (Å²) in [6.07, 6.45) is 56.4. The van der Waals surface area contributed by atoms with Crippen LogP contribution in [-0.4, -0.2) is 46.9 Å². The van der Waals surface area contributed by atoms with Gasteiger partial charge in [0.25, 0.3) is 0 Å². The third-order valence-corrected chi connectivity index (χ3v) is 12.0.